The molecule has 0 saturated carbocycles. The lowest BCUT2D eigenvalue weighted by Gasteiger charge is -2.12. The number of nitrogens with one attached hydrogen (secondary N) is 1. The number of halogens is 1. The van der Waals surface area contributed by atoms with E-state index in [1.807, 2.05) is 43.3 Å². The lowest BCUT2D eigenvalue weighted by atomic mass is 10.1. The molecule has 5 rings (SSSR count). The largest absolute Gasteiger partial charge is 0.322 e. The molecule has 6 nitrogen and oxygen atoms in total. The number of anilines is 2. The van der Waals surface area contributed by atoms with Gasteiger partial charge in [-0.05, 0) is 50.1 Å². The molecule has 0 atom stereocenters. The van der Waals surface area contributed by atoms with Gasteiger partial charge in [-0.2, -0.15) is 9.78 Å². The highest BCUT2D eigenvalue weighted by atomic mass is 35.5. The molecule has 30 heavy (non-hydrogen) atoms. The van der Waals surface area contributed by atoms with Crippen LogP contribution in [-0.2, 0) is 0 Å². The van der Waals surface area contributed by atoms with Gasteiger partial charge in [-0.15, -0.1) is 0 Å². The van der Waals surface area contributed by atoms with Crippen molar-refractivity contribution in [2.45, 2.75) is 20.8 Å². The second-order valence-corrected chi connectivity index (χ2v) is 7.69. The normalized spacial score (nSPS) is 11.3. The van der Waals surface area contributed by atoms with E-state index < -0.39 is 0 Å². The maximum atomic E-state index is 6.40. The van der Waals surface area contributed by atoms with Gasteiger partial charge in [-0.3, -0.25) is 0 Å². The zero-order chi connectivity index (χ0) is 20.8. The molecule has 148 valence electrons. The zero-order valence-electron chi connectivity index (χ0n) is 16.8. The van der Waals surface area contributed by atoms with Crippen LogP contribution in [-0.4, -0.2) is 24.7 Å². The van der Waals surface area contributed by atoms with Crippen LogP contribution in [0.25, 0.3) is 27.8 Å². The van der Waals surface area contributed by atoms with E-state index in [1.165, 1.54) is 0 Å². The second-order valence-electron chi connectivity index (χ2n) is 7.33. The first-order chi connectivity index (χ1) is 14.5. The van der Waals surface area contributed by atoms with E-state index in [4.69, 9.17) is 16.6 Å². The van der Waals surface area contributed by atoms with Crippen molar-refractivity contribution in [3.63, 3.8) is 0 Å². The van der Waals surface area contributed by atoms with Crippen LogP contribution in [0, 0.1) is 20.8 Å². The summed E-state index contributed by atoms with van der Waals surface area (Å²) in [6.07, 6.45) is 0. The summed E-state index contributed by atoms with van der Waals surface area (Å²) in [6, 6.07) is 17.8. The predicted octanol–water partition coefficient (Wildman–Crippen LogP) is 5.69. The molecule has 0 bridgehead atoms. The molecule has 5 aromatic rings. The summed E-state index contributed by atoms with van der Waals surface area (Å²) >= 11 is 6.40. The molecular weight excluding hydrogens is 396 g/mol. The van der Waals surface area contributed by atoms with E-state index in [-0.39, 0.29) is 0 Å². The molecule has 0 amide bonds. The molecule has 3 heterocycles. The molecule has 0 radical (unpaired) electrons. The van der Waals surface area contributed by atoms with Gasteiger partial charge < -0.3 is 5.32 Å². The molecule has 1 N–H and O–H groups in total. The third-order valence-electron chi connectivity index (χ3n) is 5.06. The molecule has 0 saturated heterocycles. The smallest absolute Gasteiger partial charge is 0.172 e. The van der Waals surface area contributed by atoms with Crippen LogP contribution in [0.5, 0.6) is 0 Å². The van der Waals surface area contributed by atoms with E-state index in [1.54, 1.807) is 4.68 Å². The molecule has 0 aliphatic carbocycles. The van der Waals surface area contributed by atoms with Crippen LogP contribution in [0.1, 0.15) is 16.8 Å². The highest BCUT2D eigenvalue weighted by Crippen LogP contribution is 2.28. The molecule has 2 aromatic carbocycles. The quantitative estimate of drug-likeness (QED) is 0.411. The number of pyridine rings is 1. The van der Waals surface area contributed by atoms with Crippen molar-refractivity contribution < 1.29 is 0 Å². The Morgan fingerprint density at radius 1 is 0.833 bits per heavy atom. The third-order valence-corrected chi connectivity index (χ3v) is 5.32. The van der Waals surface area contributed by atoms with Crippen LogP contribution in [0.4, 0.5) is 11.6 Å². The summed E-state index contributed by atoms with van der Waals surface area (Å²) in [4.78, 5) is 14.0. The molecule has 0 aliphatic rings. The SMILES string of the molecule is Cc1cc(Nc2nc3ccccc3nc2Cl)n(-c2cc(C)c3cccc(C)c3n2)n1. The Morgan fingerprint density at radius 3 is 2.40 bits per heavy atom. The number of aryl methyl sites for hydroxylation is 3. The fraction of sp³-hybridized carbons (Fsp3) is 0.130. The number of fused-ring (bicyclic) bond motifs is 2. The molecule has 3 aromatic heterocycles. The Balaban J connectivity index is 1.63. The van der Waals surface area contributed by atoms with Gasteiger partial charge in [0.2, 0.25) is 0 Å². The third kappa shape index (κ3) is 3.15. The average Bonchev–Trinajstić information content (AvgIpc) is 3.09. The number of benzene rings is 2. The van der Waals surface area contributed by atoms with Crippen molar-refractivity contribution in [2.24, 2.45) is 0 Å². The van der Waals surface area contributed by atoms with Crippen molar-refractivity contribution >= 4 is 45.2 Å². The Kier molecular flexibility index (Phi) is 4.37. The van der Waals surface area contributed by atoms with Gasteiger partial charge in [0.1, 0.15) is 5.82 Å². The standard InChI is InChI=1S/C23H19ClN6/c1-13-7-6-8-16-14(2)11-19(27-21(13)16)30-20(12-15(3)29-30)28-23-22(24)25-17-9-4-5-10-18(17)26-23/h4-12H,1-3H3,(H,26,28). The fourth-order valence-electron chi connectivity index (χ4n) is 3.59. The summed E-state index contributed by atoms with van der Waals surface area (Å²) in [5.74, 6) is 1.93. The first kappa shape index (κ1) is 18.5. The monoisotopic (exact) mass is 414 g/mol. The second kappa shape index (κ2) is 7.07. The minimum absolute atomic E-state index is 0.303. The molecule has 0 aliphatic heterocycles. The van der Waals surface area contributed by atoms with Crippen LogP contribution in [0.2, 0.25) is 5.15 Å². The van der Waals surface area contributed by atoms with Crippen molar-refractivity contribution in [1.29, 1.82) is 0 Å². The molecule has 0 unspecified atom stereocenters. The minimum atomic E-state index is 0.303. The van der Waals surface area contributed by atoms with Crippen molar-refractivity contribution in [3.8, 4) is 5.82 Å². The maximum absolute atomic E-state index is 6.40. The topological polar surface area (TPSA) is 68.5 Å². The Bertz CT molecular complexity index is 1420. The molecule has 0 fully saturated rings. The Hall–Kier alpha value is -3.51. The lowest BCUT2D eigenvalue weighted by Crippen LogP contribution is -2.07. The number of aromatic nitrogens is 5. The van der Waals surface area contributed by atoms with Gasteiger partial charge in [-0.1, -0.05) is 41.9 Å². The predicted molar refractivity (Wildman–Crippen MR) is 121 cm³/mol. The van der Waals surface area contributed by atoms with Gasteiger partial charge in [0, 0.05) is 11.5 Å². The van der Waals surface area contributed by atoms with E-state index in [0.29, 0.717) is 11.0 Å². The van der Waals surface area contributed by atoms with Crippen LogP contribution in [0.3, 0.4) is 0 Å². The van der Waals surface area contributed by atoms with Gasteiger partial charge in [0.05, 0.1) is 22.2 Å². The number of hydrogen-bond donors (Lipinski definition) is 1. The summed E-state index contributed by atoms with van der Waals surface area (Å²) in [5.41, 5.74) is 5.60. The van der Waals surface area contributed by atoms with Crippen LogP contribution in [0.15, 0.2) is 54.6 Å². The van der Waals surface area contributed by atoms with Crippen LogP contribution < -0.4 is 5.32 Å². The van der Waals surface area contributed by atoms with E-state index >= 15 is 0 Å². The summed E-state index contributed by atoms with van der Waals surface area (Å²) in [6.45, 7) is 6.09. The Labute approximate surface area is 178 Å². The zero-order valence-corrected chi connectivity index (χ0v) is 17.6. The summed E-state index contributed by atoms with van der Waals surface area (Å²) < 4.78 is 1.78. The highest BCUT2D eigenvalue weighted by Gasteiger charge is 2.15. The van der Waals surface area contributed by atoms with E-state index in [2.05, 4.69) is 52.4 Å². The summed E-state index contributed by atoms with van der Waals surface area (Å²) in [7, 11) is 0. The number of nitrogens with zero attached hydrogens (tertiary/aromatic N) is 5. The highest BCUT2D eigenvalue weighted by molar-refractivity contribution is 6.32. The van der Waals surface area contributed by atoms with E-state index in [0.717, 1.165) is 50.4 Å². The maximum Gasteiger partial charge on any atom is 0.172 e. The summed E-state index contributed by atoms with van der Waals surface area (Å²) in [5, 5.41) is 9.38. The van der Waals surface area contributed by atoms with Crippen LogP contribution >= 0.6 is 11.6 Å². The fourth-order valence-corrected chi connectivity index (χ4v) is 3.78. The number of hydrogen-bond acceptors (Lipinski definition) is 5. The molecule has 7 heteroatoms. The number of para-hydroxylation sites is 3. The average molecular weight is 415 g/mol. The number of rotatable bonds is 3. The van der Waals surface area contributed by atoms with Gasteiger partial charge >= 0.3 is 0 Å². The Morgan fingerprint density at radius 2 is 1.60 bits per heavy atom. The lowest BCUT2D eigenvalue weighted by molar-refractivity contribution is 0.842. The first-order valence-electron chi connectivity index (χ1n) is 9.63. The minimum Gasteiger partial charge on any atom is -0.322 e. The first-order valence-corrected chi connectivity index (χ1v) is 10.0. The molecule has 0 spiro atoms. The van der Waals surface area contributed by atoms with E-state index in [9.17, 15) is 0 Å². The van der Waals surface area contributed by atoms with Gasteiger partial charge in [0.25, 0.3) is 0 Å². The molecular formula is C23H19ClN6. The van der Waals surface area contributed by atoms with Crippen molar-refractivity contribution in [1.82, 2.24) is 24.7 Å². The van der Waals surface area contributed by atoms with Gasteiger partial charge in [0.15, 0.2) is 16.8 Å². The van der Waals surface area contributed by atoms with Gasteiger partial charge in [-0.25, -0.2) is 15.0 Å². The van der Waals surface area contributed by atoms with Crippen molar-refractivity contribution in [3.05, 3.63) is 76.6 Å². The van der Waals surface area contributed by atoms with Crippen molar-refractivity contribution in [2.75, 3.05) is 5.32 Å².